The van der Waals surface area contributed by atoms with E-state index in [1.807, 2.05) is 26.8 Å². The van der Waals surface area contributed by atoms with Gasteiger partial charge in [0.25, 0.3) is 0 Å². The van der Waals surface area contributed by atoms with Gasteiger partial charge in [-0.3, -0.25) is 9.59 Å². The maximum Gasteiger partial charge on any atom is 0.242 e. The van der Waals surface area contributed by atoms with Crippen molar-refractivity contribution >= 4 is 70.0 Å². The van der Waals surface area contributed by atoms with Crippen LogP contribution in [0, 0.1) is 5.92 Å². The first-order valence-electron chi connectivity index (χ1n) is 10.7. The van der Waals surface area contributed by atoms with Gasteiger partial charge in [-0.15, -0.1) is 11.8 Å². The molecule has 9 heteroatoms. The van der Waals surface area contributed by atoms with E-state index in [-0.39, 0.29) is 24.1 Å². The van der Waals surface area contributed by atoms with Crippen LogP contribution < -0.4 is 5.32 Å². The molecule has 1 N–H and O–H groups in total. The van der Waals surface area contributed by atoms with Gasteiger partial charge in [0, 0.05) is 34.5 Å². The van der Waals surface area contributed by atoms with Gasteiger partial charge in [0.05, 0.1) is 15.8 Å². The summed E-state index contributed by atoms with van der Waals surface area (Å²) in [4.78, 5) is 27.8. The third-order valence-electron chi connectivity index (χ3n) is 4.94. The quantitative estimate of drug-likeness (QED) is 0.325. The Morgan fingerprint density at radius 3 is 2.24 bits per heavy atom. The van der Waals surface area contributed by atoms with Gasteiger partial charge in [-0.25, -0.2) is 0 Å². The molecule has 0 radical (unpaired) electrons. The van der Waals surface area contributed by atoms with Crippen LogP contribution in [-0.4, -0.2) is 35.1 Å². The molecule has 2 aromatic carbocycles. The molecule has 1 atom stereocenters. The molecule has 0 aliphatic rings. The molecule has 0 aliphatic carbocycles. The summed E-state index contributed by atoms with van der Waals surface area (Å²) < 4.78 is 0. The molecule has 1 unspecified atom stereocenters. The number of amides is 2. The van der Waals surface area contributed by atoms with E-state index in [2.05, 4.69) is 5.32 Å². The number of nitrogens with zero attached hydrogens (tertiary/aromatic N) is 1. The summed E-state index contributed by atoms with van der Waals surface area (Å²) in [5.41, 5.74) is 1.59. The van der Waals surface area contributed by atoms with Crippen LogP contribution in [0.25, 0.3) is 0 Å². The number of nitrogens with one attached hydrogen (secondary N) is 1. The van der Waals surface area contributed by atoms with Crippen molar-refractivity contribution in [2.45, 2.75) is 45.5 Å². The number of benzene rings is 2. The molecule has 2 amide bonds. The monoisotopic (exact) mass is 548 g/mol. The predicted molar refractivity (Wildman–Crippen MR) is 142 cm³/mol. The van der Waals surface area contributed by atoms with E-state index in [0.29, 0.717) is 50.3 Å². The average Bonchev–Trinajstić information content (AvgIpc) is 2.76. The zero-order valence-corrected chi connectivity index (χ0v) is 22.7. The van der Waals surface area contributed by atoms with Gasteiger partial charge in [-0.2, -0.15) is 0 Å². The molecule has 0 spiro atoms. The molecule has 0 saturated heterocycles. The fourth-order valence-electron chi connectivity index (χ4n) is 3.16. The number of hydrogen-bond acceptors (Lipinski definition) is 3. The smallest absolute Gasteiger partial charge is 0.242 e. The first-order valence-corrected chi connectivity index (χ1v) is 13.3. The van der Waals surface area contributed by atoms with Gasteiger partial charge in [-0.1, -0.05) is 79.3 Å². The lowest BCUT2D eigenvalue weighted by Crippen LogP contribution is -2.50. The summed E-state index contributed by atoms with van der Waals surface area (Å²) in [6.45, 7) is 6.62. The van der Waals surface area contributed by atoms with Gasteiger partial charge in [0.1, 0.15) is 6.04 Å². The van der Waals surface area contributed by atoms with Crippen LogP contribution >= 0.6 is 58.2 Å². The van der Waals surface area contributed by atoms with E-state index in [4.69, 9.17) is 46.4 Å². The van der Waals surface area contributed by atoms with Crippen molar-refractivity contribution in [1.29, 1.82) is 0 Å². The second-order valence-electron chi connectivity index (χ2n) is 8.03. The van der Waals surface area contributed by atoms with Crippen LogP contribution in [0.5, 0.6) is 0 Å². The highest BCUT2D eigenvalue weighted by molar-refractivity contribution is 7.99. The number of halogens is 4. The molecule has 2 aromatic rings. The second-order valence-corrected chi connectivity index (χ2v) is 10.6. The van der Waals surface area contributed by atoms with Gasteiger partial charge >= 0.3 is 0 Å². The van der Waals surface area contributed by atoms with E-state index >= 15 is 0 Å². The van der Waals surface area contributed by atoms with Crippen molar-refractivity contribution in [1.82, 2.24) is 10.2 Å². The SMILES string of the molecule is CCC(C(=O)NCC(C)C)N(Cc1c(Cl)cccc1Cl)C(=O)CSCc1ccc(Cl)c(Cl)c1. The van der Waals surface area contributed by atoms with E-state index in [1.54, 1.807) is 35.2 Å². The summed E-state index contributed by atoms with van der Waals surface area (Å²) in [6, 6.07) is 9.97. The molecule has 33 heavy (non-hydrogen) atoms. The Morgan fingerprint density at radius 2 is 1.67 bits per heavy atom. The molecular formula is C24H28Cl4N2O2S. The molecule has 4 nitrogen and oxygen atoms in total. The number of rotatable bonds is 11. The van der Waals surface area contributed by atoms with Crippen molar-refractivity contribution in [3.8, 4) is 0 Å². The minimum atomic E-state index is -0.630. The van der Waals surface area contributed by atoms with Gasteiger partial charge in [0.2, 0.25) is 11.8 Å². The Labute approximate surface area is 220 Å². The molecule has 0 fully saturated rings. The van der Waals surface area contributed by atoms with E-state index < -0.39 is 6.04 Å². The van der Waals surface area contributed by atoms with E-state index in [9.17, 15) is 9.59 Å². The molecule has 0 saturated carbocycles. The van der Waals surface area contributed by atoms with Crippen LogP contribution in [-0.2, 0) is 21.9 Å². The average molecular weight is 550 g/mol. The Balaban J connectivity index is 2.19. The maximum atomic E-state index is 13.3. The number of carbonyl (C=O) groups is 2. The van der Waals surface area contributed by atoms with Crippen molar-refractivity contribution in [2.24, 2.45) is 5.92 Å². The Morgan fingerprint density at radius 1 is 1.00 bits per heavy atom. The lowest BCUT2D eigenvalue weighted by atomic mass is 10.1. The largest absolute Gasteiger partial charge is 0.354 e. The minimum Gasteiger partial charge on any atom is -0.354 e. The van der Waals surface area contributed by atoms with Crippen LogP contribution in [0.2, 0.25) is 20.1 Å². The topological polar surface area (TPSA) is 49.4 Å². The Bertz CT molecular complexity index is 951. The first kappa shape index (κ1) is 28.1. The number of thioether (sulfide) groups is 1. The summed E-state index contributed by atoms with van der Waals surface area (Å²) in [5.74, 6) is 0.728. The normalized spacial score (nSPS) is 12.0. The molecule has 2 rings (SSSR count). The highest BCUT2D eigenvalue weighted by atomic mass is 35.5. The third kappa shape index (κ3) is 8.56. The molecule has 0 heterocycles. The standard InChI is InChI=1S/C24H28Cl4N2O2S/c1-4-22(24(32)29-11-15(2)3)30(12-17-18(25)6-5-7-19(17)26)23(31)14-33-13-16-8-9-20(27)21(28)10-16/h5-10,15,22H,4,11-14H2,1-3H3,(H,29,32). The second kappa shape index (κ2) is 13.7. The molecular weight excluding hydrogens is 522 g/mol. The maximum absolute atomic E-state index is 13.3. The molecule has 180 valence electrons. The summed E-state index contributed by atoms with van der Waals surface area (Å²) in [5, 5.41) is 4.83. The highest BCUT2D eigenvalue weighted by Gasteiger charge is 2.29. The third-order valence-corrected chi connectivity index (χ3v) is 7.37. The zero-order valence-electron chi connectivity index (χ0n) is 18.8. The van der Waals surface area contributed by atoms with Crippen molar-refractivity contribution < 1.29 is 9.59 Å². The summed E-state index contributed by atoms with van der Waals surface area (Å²) in [6.07, 6.45) is 0.467. The number of hydrogen-bond donors (Lipinski definition) is 1. The molecule has 0 aliphatic heterocycles. The van der Waals surface area contributed by atoms with E-state index in [0.717, 1.165) is 5.56 Å². The first-order chi connectivity index (χ1) is 15.6. The lowest BCUT2D eigenvalue weighted by Gasteiger charge is -2.31. The van der Waals surface area contributed by atoms with Crippen LogP contribution in [0.3, 0.4) is 0 Å². The number of carbonyl (C=O) groups excluding carboxylic acids is 2. The summed E-state index contributed by atoms with van der Waals surface area (Å²) >= 11 is 26.2. The fraction of sp³-hybridized carbons (Fsp3) is 0.417. The van der Waals surface area contributed by atoms with Gasteiger partial charge in [0.15, 0.2) is 0 Å². The van der Waals surface area contributed by atoms with Crippen molar-refractivity contribution in [3.05, 3.63) is 67.6 Å². The predicted octanol–water partition coefficient (Wildman–Crippen LogP) is 7.11. The fourth-order valence-corrected chi connectivity index (χ4v) is 4.86. The zero-order chi connectivity index (χ0) is 24.5. The Hall–Kier alpha value is -1.11. The lowest BCUT2D eigenvalue weighted by molar-refractivity contribution is -0.139. The summed E-state index contributed by atoms with van der Waals surface area (Å²) in [7, 11) is 0. The molecule has 0 bridgehead atoms. The van der Waals surface area contributed by atoms with Gasteiger partial charge < -0.3 is 10.2 Å². The van der Waals surface area contributed by atoms with Crippen LogP contribution in [0.1, 0.15) is 38.3 Å². The van der Waals surface area contributed by atoms with E-state index in [1.165, 1.54) is 11.8 Å². The van der Waals surface area contributed by atoms with Crippen LogP contribution in [0.15, 0.2) is 36.4 Å². The highest BCUT2D eigenvalue weighted by Crippen LogP contribution is 2.28. The van der Waals surface area contributed by atoms with Crippen molar-refractivity contribution in [2.75, 3.05) is 12.3 Å². The molecule has 0 aromatic heterocycles. The Kier molecular flexibility index (Phi) is 11.7. The van der Waals surface area contributed by atoms with Gasteiger partial charge in [-0.05, 0) is 42.2 Å². The van der Waals surface area contributed by atoms with Crippen LogP contribution in [0.4, 0.5) is 0 Å². The van der Waals surface area contributed by atoms with Crippen molar-refractivity contribution in [3.63, 3.8) is 0 Å². The minimum absolute atomic E-state index is 0.151.